The minimum Gasteiger partial charge on any atom is -0.302 e. The summed E-state index contributed by atoms with van der Waals surface area (Å²) in [5.41, 5.74) is 2.04. The third-order valence-electron chi connectivity index (χ3n) is 5.25. The molecule has 1 heterocycles. The number of aromatic nitrogens is 1. The van der Waals surface area contributed by atoms with Crippen molar-refractivity contribution in [2.24, 2.45) is 0 Å². The molecule has 0 aliphatic heterocycles. The molecule has 7 heteroatoms. The zero-order valence-electron chi connectivity index (χ0n) is 18.8. The summed E-state index contributed by atoms with van der Waals surface area (Å²) in [6, 6.07) is 14.6. The van der Waals surface area contributed by atoms with Crippen LogP contribution in [0.3, 0.4) is 0 Å². The zero-order valence-corrected chi connectivity index (χ0v) is 21.2. The Morgan fingerprint density at radius 1 is 1.03 bits per heavy atom. The number of fused-ring (bicyclic) bond motifs is 1. The Bertz CT molecular complexity index is 983. The summed E-state index contributed by atoms with van der Waals surface area (Å²) in [5.74, 6) is 1.15. The Labute approximate surface area is 198 Å². The van der Waals surface area contributed by atoms with Gasteiger partial charge in [-0.15, -0.1) is 23.5 Å². The van der Waals surface area contributed by atoms with Gasteiger partial charge in [-0.3, -0.25) is 9.69 Å². The summed E-state index contributed by atoms with van der Waals surface area (Å²) in [5, 5.41) is 0.798. The third-order valence-corrected chi connectivity index (χ3v) is 7.95. The van der Waals surface area contributed by atoms with E-state index in [1.807, 2.05) is 16.7 Å². The second kappa shape index (κ2) is 11.9. The average molecular weight is 474 g/mol. The highest BCUT2D eigenvalue weighted by Gasteiger charge is 2.21. The number of anilines is 1. The molecule has 0 atom stereocenters. The van der Waals surface area contributed by atoms with Crippen LogP contribution in [-0.4, -0.2) is 54.0 Å². The molecule has 31 heavy (non-hydrogen) atoms. The lowest BCUT2D eigenvalue weighted by Crippen LogP contribution is -2.39. The van der Waals surface area contributed by atoms with E-state index in [1.54, 1.807) is 23.1 Å². The van der Waals surface area contributed by atoms with Crippen LogP contribution in [0.15, 0.2) is 52.3 Å². The molecule has 0 unspecified atom stereocenters. The number of rotatable bonds is 11. The molecule has 0 aliphatic rings. The fourth-order valence-corrected chi connectivity index (χ4v) is 5.77. The van der Waals surface area contributed by atoms with Crippen molar-refractivity contribution in [3.05, 3.63) is 48.0 Å². The smallest absolute Gasteiger partial charge is 0.233 e. The molecule has 0 radical (unpaired) electrons. The molecule has 0 saturated heterocycles. The Hall–Kier alpha value is -1.54. The molecule has 1 aromatic heterocycles. The number of carbonyl (C=O) groups excluding carboxylic acids is 1. The van der Waals surface area contributed by atoms with Gasteiger partial charge < -0.3 is 4.90 Å². The van der Waals surface area contributed by atoms with Crippen LogP contribution in [0.1, 0.15) is 26.3 Å². The summed E-state index contributed by atoms with van der Waals surface area (Å²) in [6.07, 6.45) is 2.46. The molecule has 0 saturated carbocycles. The molecule has 2 aromatic carbocycles. The van der Waals surface area contributed by atoms with Gasteiger partial charge in [-0.25, -0.2) is 4.98 Å². The van der Waals surface area contributed by atoms with Crippen LogP contribution >= 0.6 is 34.9 Å². The lowest BCUT2D eigenvalue weighted by molar-refractivity contribution is -0.118. The molecule has 4 nitrogen and oxygen atoms in total. The first-order valence-corrected chi connectivity index (χ1v) is 13.8. The van der Waals surface area contributed by atoms with E-state index < -0.39 is 0 Å². The van der Waals surface area contributed by atoms with E-state index in [9.17, 15) is 4.79 Å². The van der Waals surface area contributed by atoms with Crippen LogP contribution in [0.2, 0.25) is 0 Å². The molecule has 0 spiro atoms. The van der Waals surface area contributed by atoms with Gasteiger partial charge in [0.25, 0.3) is 0 Å². The molecule has 0 aliphatic carbocycles. The van der Waals surface area contributed by atoms with Gasteiger partial charge in [0.1, 0.15) is 0 Å². The number of benzene rings is 2. The first-order valence-electron chi connectivity index (χ1n) is 10.8. The van der Waals surface area contributed by atoms with Gasteiger partial charge in [-0.2, -0.15) is 0 Å². The minimum atomic E-state index is 0.104. The number of amides is 1. The summed E-state index contributed by atoms with van der Waals surface area (Å²) >= 11 is 5.12. The van der Waals surface area contributed by atoms with Gasteiger partial charge in [-0.1, -0.05) is 50.3 Å². The van der Waals surface area contributed by atoms with Crippen LogP contribution in [0, 0.1) is 0 Å². The Kier molecular flexibility index (Phi) is 9.26. The standard InChI is InChI=1S/C24H31N3OS3/c1-5-26(6-2)15-16-27(22(28)17-18-11-13-19(14-12-18)30-7-3)24-25-23-20(29-4)9-8-10-21(23)31-24/h8-14H,5-7,15-17H2,1-4H3. The van der Waals surface area contributed by atoms with Gasteiger partial charge >= 0.3 is 0 Å². The maximum absolute atomic E-state index is 13.4. The third kappa shape index (κ3) is 6.25. The summed E-state index contributed by atoms with van der Waals surface area (Å²) < 4.78 is 1.13. The topological polar surface area (TPSA) is 36.4 Å². The fourth-order valence-electron chi connectivity index (χ4n) is 3.44. The van der Waals surface area contributed by atoms with Crippen molar-refractivity contribution in [2.75, 3.05) is 43.1 Å². The van der Waals surface area contributed by atoms with E-state index >= 15 is 0 Å². The highest BCUT2D eigenvalue weighted by molar-refractivity contribution is 7.99. The van der Waals surface area contributed by atoms with Crippen molar-refractivity contribution in [1.82, 2.24) is 9.88 Å². The van der Waals surface area contributed by atoms with E-state index in [2.05, 4.69) is 74.4 Å². The lowest BCUT2D eigenvalue weighted by Gasteiger charge is -2.24. The predicted octanol–water partition coefficient (Wildman–Crippen LogP) is 6.05. The van der Waals surface area contributed by atoms with Crippen molar-refractivity contribution in [3.8, 4) is 0 Å². The Morgan fingerprint density at radius 2 is 1.77 bits per heavy atom. The largest absolute Gasteiger partial charge is 0.302 e. The minimum absolute atomic E-state index is 0.104. The van der Waals surface area contributed by atoms with Crippen LogP contribution < -0.4 is 4.90 Å². The SMILES string of the molecule is CCSc1ccc(CC(=O)N(CCN(CC)CC)c2nc3c(SC)cccc3s2)cc1. The number of para-hydroxylation sites is 1. The van der Waals surface area contributed by atoms with Crippen molar-refractivity contribution < 1.29 is 4.79 Å². The number of thioether (sulfide) groups is 2. The van der Waals surface area contributed by atoms with Crippen LogP contribution in [0.4, 0.5) is 5.13 Å². The maximum atomic E-state index is 13.4. The molecule has 0 N–H and O–H groups in total. The first kappa shape index (κ1) is 24.1. The average Bonchev–Trinajstić information content (AvgIpc) is 3.22. The van der Waals surface area contributed by atoms with Crippen LogP contribution in [0.25, 0.3) is 10.2 Å². The summed E-state index contributed by atoms with van der Waals surface area (Å²) in [6.45, 7) is 9.92. The van der Waals surface area contributed by atoms with Crippen LogP contribution in [-0.2, 0) is 11.2 Å². The van der Waals surface area contributed by atoms with Crippen LogP contribution in [0.5, 0.6) is 0 Å². The zero-order chi connectivity index (χ0) is 22.2. The summed E-state index contributed by atoms with van der Waals surface area (Å²) in [7, 11) is 0. The van der Waals surface area contributed by atoms with E-state index in [0.29, 0.717) is 13.0 Å². The highest BCUT2D eigenvalue weighted by atomic mass is 32.2. The Morgan fingerprint density at radius 3 is 2.42 bits per heavy atom. The highest BCUT2D eigenvalue weighted by Crippen LogP contribution is 2.34. The predicted molar refractivity (Wildman–Crippen MR) is 138 cm³/mol. The maximum Gasteiger partial charge on any atom is 0.233 e. The van der Waals surface area contributed by atoms with Crippen molar-refractivity contribution in [3.63, 3.8) is 0 Å². The molecule has 0 bridgehead atoms. The number of nitrogens with zero attached hydrogens (tertiary/aromatic N) is 3. The second-order valence-corrected chi connectivity index (χ2v) is 10.3. The van der Waals surface area contributed by atoms with Gasteiger partial charge in [0.15, 0.2) is 5.13 Å². The molecule has 0 fully saturated rings. The van der Waals surface area contributed by atoms with Crippen molar-refractivity contribution in [1.29, 1.82) is 0 Å². The number of thiazole rings is 1. The molecule has 3 rings (SSSR count). The number of carbonyl (C=O) groups is 1. The molecular formula is C24H31N3OS3. The van der Waals surface area contributed by atoms with E-state index in [-0.39, 0.29) is 5.91 Å². The van der Waals surface area contributed by atoms with Gasteiger partial charge in [0.2, 0.25) is 5.91 Å². The van der Waals surface area contributed by atoms with E-state index in [4.69, 9.17) is 4.98 Å². The fraction of sp³-hybridized carbons (Fsp3) is 0.417. The summed E-state index contributed by atoms with van der Waals surface area (Å²) in [4.78, 5) is 24.9. The molecule has 3 aromatic rings. The quantitative estimate of drug-likeness (QED) is 0.317. The van der Waals surface area contributed by atoms with Gasteiger partial charge in [-0.05, 0) is 54.9 Å². The molecular weight excluding hydrogens is 442 g/mol. The molecule has 1 amide bonds. The van der Waals surface area contributed by atoms with Crippen molar-refractivity contribution >= 4 is 56.1 Å². The van der Waals surface area contributed by atoms with E-state index in [0.717, 1.165) is 51.2 Å². The number of hydrogen-bond donors (Lipinski definition) is 0. The van der Waals surface area contributed by atoms with Gasteiger partial charge in [0, 0.05) is 22.9 Å². The van der Waals surface area contributed by atoms with Crippen molar-refractivity contribution in [2.45, 2.75) is 37.0 Å². The first-order chi connectivity index (χ1) is 15.1. The van der Waals surface area contributed by atoms with E-state index in [1.165, 1.54) is 4.90 Å². The van der Waals surface area contributed by atoms with Gasteiger partial charge in [0.05, 0.1) is 16.6 Å². The number of likely N-dealkylation sites (N-methyl/N-ethyl adjacent to an activating group) is 1. The normalized spacial score (nSPS) is 11.4. The Balaban J connectivity index is 1.85. The molecule has 166 valence electrons. The lowest BCUT2D eigenvalue weighted by atomic mass is 10.1. The monoisotopic (exact) mass is 473 g/mol. The number of hydrogen-bond acceptors (Lipinski definition) is 6. The second-order valence-electron chi connectivity index (χ2n) is 7.13.